The summed E-state index contributed by atoms with van der Waals surface area (Å²) in [7, 11) is 0. The van der Waals surface area contributed by atoms with Crippen molar-refractivity contribution in [3.8, 4) is 0 Å². The van der Waals surface area contributed by atoms with Crippen molar-refractivity contribution in [2.75, 3.05) is 19.6 Å². The van der Waals surface area contributed by atoms with E-state index in [0.717, 1.165) is 25.9 Å². The minimum atomic E-state index is -0.990. The molecule has 5 nitrogen and oxygen atoms in total. The normalized spacial score (nSPS) is 17.1. The zero-order valence-corrected chi connectivity index (χ0v) is 10.7. The zero-order valence-electron chi connectivity index (χ0n) is 10.7. The first-order chi connectivity index (χ1) is 9.16. The number of aliphatic carboxylic acids is 1. The van der Waals surface area contributed by atoms with Crippen molar-refractivity contribution in [2.24, 2.45) is 0 Å². The molecule has 19 heavy (non-hydrogen) atoms. The average molecular weight is 262 g/mol. The van der Waals surface area contributed by atoms with Crippen LogP contribution in [0.2, 0.25) is 0 Å². The number of amides is 1. The maximum atomic E-state index is 11.9. The Labute approximate surface area is 112 Å². The Morgan fingerprint density at radius 3 is 2.42 bits per heavy atom. The van der Waals surface area contributed by atoms with Gasteiger partial charge in [-0.15, -0.1) is 0 Å². The first kappa shape index (κ1) is 13.5. The summed E-state index contributed by atoms with van der Waals surface area (Å²) in [6, 6.07) is 7.81. The molecule has 1 atom stereocenters. The summed E-state index contributed by atoms with van der Waals surface area (Å²) in [5.41, 5.74) is 0.482. The number of hydrogen-bond acceptors (Lipinski definition) is 3. The highest BCUT2D eigenvalue weighted by Gasteiger charge is 2.24. The van der Waals surface area contributed by atoms with E-state index in [4.69, 9.17) is 0 Å². The lowest BCUT2D eigenvalue weighted by Gasteiger charge is -2.21. The number of rotatable bonds is 5. The van der Waals surface area contributed by atoms with Crippen LogP contribution in [0.25, 0.3) is 0 Å². The molecule has 2 N–H and O–H groups in total. The summed E-state index contributed by atoms with van der Waals surface area (Å²) in [5, 5.41) is 11.8. The highest BCUT2D eigenvalue weighted by Crippen LogP contribution is 2.08. The van der Waals surface area contributed by atoms with Crippen molar-refractivity contribution in [3.63, 3.8) is 0 Å². The second kappa shape index (κ2) is 6.33. The maximum absolute atomic E-state index is 11.9. The summed E-state index contributed by atoms with van der Waals surface area (Å²) in [6.07, 6.45) is 2.19. The van der Waals surface area contributed by atoms with Crippen LogP contribution in [0.1, 0.15) is 23.2 Å². The fourth-order valence-corrected chi connectivity index (χ4v) is 2.24. The molecule has 0 saturated carbocycles. The number of hydrogen-bond donors (Lipinski definition) is 2. The van der Waals surface area contributed by atoms with Gasteiger partial charge in [0.05, 0.1) is 0 Å². The molecule has 1 amide bonds. The highest BCUT2D eigenvalue weighted by atomic mass is 16.4. The Hall–Kier alpha value is -1.88. The molecule has 0 aliphatic carbocycles. The Morgan fingerprint density at radius 2 is 1.84 bits per heavy atom. The van der Waals surface area contributed by atoms with Gasteiger partial charge in [0.2, 0.25) is 0 Å². The molecule has 1 heterocycles. The van der Waals surface area contributed by atoms with E-state index in [-0.39, 0.29) is 5.91 Å². The van der Waals surface area contributed by atoms with E-state index in [1.165, 1.54) is 0 Å². The highest BCUT2D eigenvalue weighted by molar-refractivity contribution is 5.96. The molecule has 5 heteroatoms. The van der Waals surface area contributed by atoms with Crippen molar-refractivity contribution in [1.82, 2.24) is 10.2 Å². The van der Waals surface area contributed by atoms with E-state index < -0.39 is 12.0 Å². The van der Waals surface area contributed by atoms with E-state index in [1.807, 2.05) is 6.07 Å². The van der Waals surface area contributed by atoms with E-state index in [2.05, 4.69) is 10.2 Å². The predicted octanol–water partition coefficient (Wildman–Crippen LogP) is 0.965. The maximum Gasteiger partial charge on any atom is 0.327 e. The zero-order chi connectivity index (χ0) is 13.7. The van der Waals surface area contributed by atoms with Crippen LogP contribution in [-0.4, -0.2) is 47.6 Å². The molecule has 0 radical (unpaired) electrons. The van der Waals surface area contributed by atoms with E-state index >= 15 is 0 Å². The number of carboxylic acid groups (broad SMARTS) is 1. The van der Waals surface area contributed by atoms with E-state index in [1.54, 1.807) is 24.3 Å². The lowest BCUT2D eigenvalue weighted by atomic mass is 10.2. The quantitative estimate of drug-likeness (QED) is 0.829. The van der Waals surface area contributed by atoms with Gasteiger partial charge in [0.15, 0.2) is 0 Å². The summed E-state index contributed by atoms with van der Waals surface area (Å²) in [6.45, 7) is 2.18. The van der Waals surface area contributed by atoms with Crippen LogP contribution in [0.4, 0.5) is 0 Å². The minimum Gasteiger partial charge on any atom is -0.480 e. The number of nitrogens with one attached hydrogen (secondary N) is 1. The van der Waals surface area contributed by atoms with Crippen LogP contribution in [0.3, 0.4) is 0 Å². The second-order valence-corrected chi connectivity index (χ2v) is 4.74. The number of carboxylic acids is 1. The number of benzene rings is 1. The molecule has 102 valence electrons. The second-order valence-electron chi connectivity index (χ2n) is 4.74. The lowest BCUT2D eigenvalue weighted by Crippen LogP contribution is -2.47. The van der Waals surface area contributed by atoms with Gasteiger partial charge in [-0.1, -0.05) is 18.2 Å². The molecule has 1 aliphatic rings. The Balaban J connectivity index is 1.96. The fourth-order valence-electron chi connectivity index (χ4n) is 2.24. The van der Waals surface area contributed by atoms with Gasteiger partial charge in [-0.05, 0) is 38.1 Å². The topological polar surface area (TPSA) is 69.6 Å². The molecule has 0 spiro atoms. The molecular formula is C14H18N2O3. The van der Waals surface area contributed by atoms with Crippen molar-refractivity contribution < 1.29 is 14.7 Å². The number of likely N-dealkylation sites (tertiary alicyclic amines) is 1. The Kier molecular flexibility index (Phi) is 4.52. The summed E-state index contributed by atoms with van der Waals surface area (Å²) in [4.78, 5) is 25.2. The van der Waals surface area contributed by atoms with Crippen molar-refractivity contribution in [3.05, 3.63) is 35.9 Å². The molecule has 1 aromatic rings. The first-order valence-electron chi connectivity index (χ1n) is 6.48. The lowest BCUT2D eigenvalue weighted by molar-refractivity contribution is -0.139. The number of nitrogens with zero attached hydrogens (tertiary/aromatic N) is 1. The van der Waals surface area contributed by atoms with Crippen LogP contribution in [0, 0.1) is 0 Å². The molecule has 1 aromatic carbocycles. The van der Waals surface area contributed by atoms with Crippen LogP contribution >= 0.6 is 0 Å². The third-order valence-corrected chi connectivity index (χ3v) is 3.28. The summed E-state index contributed by atoms with van der Waals surface area (Å²) in [5.74, 6) is -1.33. The Bertz CT molecular complexity index is 441. The van der Waals surface area contributed by atoms with Crippen LogP contribution in [-0.2, 0) is 4.79 Å². The Morgan fingerprint density at radius 1 is 1.21 bits per heavy atom. The molecule has 0 aromatic heterocycles. The van der Waals surface area contributed by atoms with Crippen molar-refractivity contribution >= 4 is 11.9 Å². The van der Waals surface area contributed by atoms with Crippen LogP contribution in [0.5, 0.6) is 0 Å². The summed E-state index contributed by atoms with van der Waals surface area (Å²) < 4.78 is 0. The molecule has 1 saturated heterocycles. The SMILES string of the molecule is O=C(NC(CN1CCCC1)C(=O)O)c1ccccc1. The van der Waals surface area contributed by atoms with Gasteiger partial charge >= 0.3 is 5.97 Å². The first-order valence-corrected chi connectivity index (χ1v) is 6.48. The average Bonchev–Trinajstić information content (AvgIpc) is 2.91. The monoisotopic (exact) mass is 262 g/mol. The molecule has 2 rings (SSSR count). The molecule has 1 unspecified atom stereocenters. The summed E-state index contributed by atoms with van der Waals surface area (Å²) >= 11 is 0. The molecule has 1 aliphatic heterocycles. The largest absolute Gasteiger partial charge is 0.480 e. The van der Waals surface area contributed by atoms with E-state index in [0.29, 0.717) is 12.1 Å². The molecular weight excluding hydrogens is 244 g/mol. The van der Waals surface area contributed by atoms with Gasteiger partial charge in [-0.25, -0.2) is 4.79 Å². The number of carbonyl (C=O) groups excluding carboxylic acids is 1. The third kappa shape index (κ3) is 3.79. The minimum absolute atomic E-state index is 0.341. The fraction of sp³-hybridized carbons (Fsp3) is 0.429. The predicted molar refractivity (Wildman–Crippen MR) is 71.0 cm³/mol. The third-order valence-electron chi connectivity index (χ3n) is 3.28. The van der Waals surface area contributed by atoms with E-state index in [9.17, 15) is 14.7 Å². The van der Waals surface area contributed by atoms with Gasteiger partial charge in [0.1, 0.15) is 6.04 Å². The van der Waals surface area contributed by atoms with Gasteiger partial charge in [0.25, 0.3) is 5.91 Å². The number of carbonyl (C=O) groups is 2. The van der Waals surface area contributed by atoms with Crippen LogP contribution in [0.15, 0.2) is 30.3 Å². The van der Waals surface area contributed by atoms with Gasteiger partial charge in [-0.3, -0.25) is 4.79 Å². The smallest absolute Gasteiger partial charge is 0.327 e. The molecule has 1 fully saturated rings. The van der Waals surface area contributed by atoms with Gasteiger partial charge in [-0.2, -0.15) is 0 Å². The standard InChI is InChI=1S/C14H18N2O3/c17-13(11-6-2-1-3-7-11)15-12(14(18)19)10-16-8-4-5-9-16/h1-3,6-7,12H,4-5,8-10H2,(H,15,17)(H,18,19). The molecule has 0 bridgehead atoms. The van der Waals surface area contributed by atoms with Crippen LogP contribution < -0.4 is 5.32 Å². The van der Waals surface area contributed by atoms with Gasteiger partial charge < -0.3 is 15.3 Å². The van der Waals surface area contributed by atoms with Gasteiger partial charge in [0, 0.05) is 12.1 Å². The van der Waals surface area contributed by atoms with Crippen molar-refractivity contribution in [1.29, 1.82) is 0 Å². The van der Waals surface area contributed by atoms with Crippen molar-refractivity contribution in [2.45, 2.75) is 18.9 Å².